The van der Waals surface area contributed by atoms with Gasteiger partial charge in [-0.2, -0.15) is 0 Å². The molecule has 1 aromatic carbocycles. The van der Waals surface area contributed by atoms with E-state index in [0.717, 1.165) is 11.1 Å². The molecule has 1 aromatic rings. The number of aliphatic hydroxyl groups is 1. The molecule has 0 fully saturated rings. The number of aliphatic hydroxyl groups excluding tert-OH is 1. The fourth-order valence-electron chi connectivity index (χ4n) is 1.57. The maximum atomic E-state index is 11.7. The molecule has 72 valence electrons. The fourth-order valence-corrected chi connectivity index (χ4v) is 1.57. The minimum absolute atomic E-state index is 0.00491. The molecular formula is C11H11NO2. The fraction of sp³-hybridized carbons (Fsp3) is 0.182. The minimum Gasteiger partial charge on any atom is -0.392 e. The van der Waals surface area contributed by atoms with E-state index in [2.05, 4.69) is 0 Å². The van der Waals surface area contributed by atoms with Gasteiger partial charge in [0, 0.05) is 11.8 Å². The van der Waals surface area contributed by atoms with Crippen LogP contribution in [-0.4, -0.2) is 22.5 Å². The van der Waals surface area contributed by atoms with Gasteiger partial charge in [0.05, 0.1) is 13.2 Å². The third-order valence-corrected chi connectivity index (χ3v) is 2.24. The smallest absolute Gasteiger partial charge is 0.258 e. The van der Waals surface area contributed by atoms with Gasteiger partial charge in [0.15, 0.2) is 0 Å². The van der Waals surface area contributed by atoms with E-state index in [9.17, 15) is 4.79 Å². The summed E-state index contributed by atoms with van der Waals surface area (Å²) in [6.45, 7) is 0.561. The molecule has 1 aliphatic rings. The van der Waals surface area contributed by atoms with E-state index in [1.54, 1.807) is 17.2 Å². The Bertz CT molecular complexity index is 385. The van der Waals surface area contributed by atoms with Crippen LogP contribution < -0.4 is 0 Å². The van der Waals surface area contributed by atoms with E-state index >= 15 is 0 Å². The molecule has 0 unspecified atom stereocenters. The van der Waals surface area contributed by atoms with Crippen molar-refractivity contribution in [3.05, 3.63) is 47.7 Å². The Hall–Kier alpha value is -1.61. The number of carbonyl (C=O) groups is 1. The second-order valence-electron chi connectivity index (χ2n) is 3.16. The lowest BCUT2D eigenvalue weighted by atomic mass is 10.1. The molecule has 1 N–H and O–H groups in total. The van der Waals surface area contributed by atoms with E-state index in [0.29, 0.717) is 6.54 Å². The first kappa shape index (κ1) is 8.97. The highest BCUT2D eigenvalue weighted by atomic mass is 16.2. The second kappa shape index (κ2) is 3.64. The topological polar surface area (TPSA) is 40.5 Å². The van der Waals surface area contributed by atoms with E-state index in [1.165, 1.54) is 0 Å². The summed E-state index contributed by atoms with van der Waals surface area (Å²) in [5.74, 6) is 0.00491. The highest BCUT2D eigenvalue weighted by Gasteiger charge is 2.24. The van der Waals surface area contributed by atoms with Crippen LogP contribution >= 0.6 is 0 Å². The molecule has 1 amide bonds. The second-order valence-corrected chi connectivity index (χ2v) is 3.16. The number of fused-ring (bicyclic) bond motifs is 1. The van der Waals surface area contributed by atoms with Crippen molar-refractivity contribution >= 4 is 5.91 Å². The quantitative estimate of drug-likeness (QED) is 0.758. The average Bonchev–Trinajstić information content (AvgIpc) is 2.54. The van der Waals surface area contributed by atoms with Gasteiger partial charge in [-0.05, 0) is 17.7 Å². The number of benzene rings is 1. The summed E-state index contributed by atoms with van der Waals surface area (Å²) in [7, 11) is 0. The van der Waals surface area contributed by atoms with E-state index in [1.807, 2.05) is 24.3 Å². The van der Waals surface area contributed by atoms with Gasteiger partial charge in [-0.1, -0.05) is 18.2 Å². The van der Waals surface area contributed by atoms with Crippen LogP contribution in [0.3, 0.4) is 0 Å². The van der Waals surface area contributed by atoms with Crippen LogP contribution in [0.5, 0.6) is 0 Å². The molecule has 3 heteroatoms. The third-order valence-electron chi connectivity index (χ3n) is 2.24. The molecule has 14 heavy (non-hydrogen) atoms. The molecule has 0 radical (unpaired) electrons. The first-order valence-corrected chi connectivity index (χ1v) is 4.49. The Morgan fingerprint density at radius 3 is 2.93 bits per heavy atom. The molecule has 0 bridgehead atoms. The van der Waals surface area contributed by atoms with E-state index in [-0.39, 0.29) is 12.5 Å². The lowest BCUT2D eigenvalue weighted by Gasteiger charge is -2.07. The normalized spacial score (nSPS) is 15.2. The summed E-state index contributed by atoms with van der Waals surface area (Å²) in [5, 5.41) is 8.61. The molecule has 3 nitrogen and oxygen atoms in total. The standard InChI is InChI=1S/C11H11NO2/c13-7-3-6-12-8-9-4-1-2-5-10(9)11(12)14/h1-6,13H,7-8H2/b6-3+. The number of carbonyl (C=O) groups excluding carboxylic acids is 1. The molecular weight excluding hydrogens is 178 g/mol. The monoisotopic (exact) mass is 189 g/mol. The zero-order chi connectivity index (χ0) is 9.97. The predicted molar refractivity (Wildman–Crippen MR) is 52.5 cm³/mol. The highest BCUT2D eigenvalue weighted by Crippen LogP contribution is 2.22. The van der Waals surface area contributed by atoms with Gasteiger partial charge in [0.25, 0.3) is 5.91 Å². The number of hydrogen-bond acceptors (Lipinski definition) is 2. The summed E-state index contributed by atoms with van der Waals surface area (Å²) >= 11 is 0. The van der Waals surface area contributed by atoms with E-state index < -0.39 is 0 Å². The molecule has 0 aliphatic carbocycles. The summed E-state index contributed by atoms with van der Waals surface area (Å²) in [6.07, 6.45) is 3.19. The van der Waals surface area contributed by atoms with Crippen molar-refractivity contribution in [3.63, 3.8) is 0 Å². The van der Waals surface area contributed by atoms with Gasteiger partial charge in [0.1, 0.15) is 0 Å². The van der Waals surface area contributed by atoms with E-state index in [4.69, 9.17) is 5.11 Å². The largest absolute Gasteiger partial charge is 0.392 e. The van der Waals surface area contributed by atoms with Crippen LogP contribution in [0.15, 0.2) is 36.5 Å². The zero-order valence-electron chi connectivity index (χ0n) is 7.68. The Balaban J connectivity index is 2.26. The van der Waals surface area contributed by atoms with Crippen molar-refractivity contribution < 1.29 is 9.90 Å². The molecule has 2 rings (SSSR count). The molecule has 1 aliphatic heterocycles. The van der Waals surface area contributed by atoms with Crippen molar-refractivity contribution in [1.82, 2.24) is 4.90 Å². The van der Waals surface area contributed by atoms with Crippen molar-refractivity contribution in [2.45, 2.75) is 6.54 Å². The molecule has 0 saturated heterocycles. The lowest BCUT2D eigenvalue weighted by Crippen LogP contribution is -2.16. The Morgan fingerprint density at radius 2 is 2.21 bits per heavy atom. The number of hydrogen-bond donors (Lipinski definition) is 1. The number of nitrogens with zero attached hydrogens (tertiary/aromatic N) is 1. The van der Waals surface area contributed by atoms with Crippen LogP contribution in [0.4, 0.5) is 0 Å². The van der Waals surface area contributed by atoms with Gasteiger partial charge in [0.2, 0.25) is 0 Å². The van der Waals surface area contributed by atoms with Gasteiger partial charge in [-0.25, -0.2) is 0 Å². The van der Waals surface area contributed by atoms with Gasteiger partial charge < -0.3 is 10.0 Å². The van der Waals surface area contributed by atoms with Crippen LogP contribution in [0.1, 0.15) is 15.9 Å². The van der Waals surface area contributed by atoms with Crippen molar-refractivity contribution in [3.8, 4) is 0 Å². The molecule has 1 heterocycles. The number of amides is 1. The first-order chi connectivity index (χ1) is 6.83. The molecule has 0 spiro atoms. The van der Waals surface area contributed by atoms with Crippen LogP contribution in [0, 0.1) is 0 Å². The molecule has 0 saturated carbocycles. The minimum atomic E-state index is -0.0415. The Morgan fingerprint density at radius 1 is 1.43 bits per heavy atom. The summed E-state index contributed by atoms with van der Waals surface area (Å²) in [5.41, 5.74) is 1.80. The summed E-state index contributed by atoms with van der Waals surface area (Å²) < 4.78 is 0. The van der Waals surface area contributed by atoms with Crippen LogP contribution in [0.2, 0.25) is 0 Å². The van der Waals surface area contributed by atoms with Crippen molar-refractivity contribution in [1.29, 1.82) is 0 Å². The summed E-state index contributed by atoms with van der Waals surface area (Å²) in [4.78, 5) is 13.3. The van der Waals surface area contributed by atoms with Crippen molar-refractivity contribution in [2.24, 2.45) is 0 Å². The van der Waals surface area contributed by atoms with Gasteiger partial charge in [-0.3, -0.25) is 4.79 Å². The SMILES string of the molecule is O=C1c2ccccc2CN1/C=C/CO. The zero-order valence-corrected chi connectivity index (χ0v) is 7.68. The van der Waals surface area contributed by atoms with Gasteiger partial charge in [-0.15, -0.1) is 0 Å². The Labute approximate surface area is 82.3 Å². The average molecular weight is 189 g/mol. The molecule has 0 aromatic heterocycles. The molecule has 0 atom stereocenters. The maximum absolute atomic E-state index is 11.7. The first-order valence-electron chi connectivity index (χ1n) is 4.49. The maximum Gasteiger partial charge on any atom is 0.258 e. The summed E-state index contributed by atoms with van der Waals surface area (Å²) in [6, 6.07) is 7.55. The van der Waals surface area contributed by atoms with Gasteiger partial charge >= 0.3 is 0 Å². The van der Waals surface area contributed by atoms with Crippen molar-refractivity contribution in [2.75, 3.05) is 6.61 Å². The van der Waals surface area contributed by atoms with Crippen LogP contribution in [-0.2, 0) is 6.54 Å². The Kier molecular flexibility index (Phi) is 2.33. The lowest BCUT2D eigenvalue weighted by molar-refractivity contribution is 0.0841. The third kappa shape index (κ3) is 1.42. The highest BCUT2D eigenvalue weighted by molar-refractivity contribution is 5.98. The predicted octanol–water partition coefficient (Wildman–Crippen LogP) is 1.15. The number of rotatable bonds is 2. The van der Waals surface area contributed by atoms with Crippen LogP contribution in [0.25, 0.3) is 0 Å².